The van der Waals surface area contributed by atoms with E-state index in [-0.39, 0.29) is 42.7 Å². The maximum Gasteiger partial charge on any atom is 0.239 e. The Kier molecular flexibility index (Phi) is 9.52. The summed E-state index contributed by atoms with van der Waals surface area (Å²) in [5.74, 6) is 1.50. The van der Waals surface area contributed by atoms with Crippen LogP contribution in [0.25, 0.3) is 0 Å². The number of nitrogens with zero attached hydrogens (tertiary/aromatic N) is 3. The van der Waals surface area contributed by atoms with E-state index >= 15 is 0 Å². The zero-order chi connectivity index (χ0) is 17.8. The van der Waals surface area contributed by atoms with Crippen molar-refractivity contribution in [2.24, 2.45) is 11.7 Å². The van der Waals surface area contributed by atoms with Crippen LogP contribution in [0.15, 0.2) is 10.6 Å². The van der Waals surface area contributed by atoms with Gasteiger partial charge in [-0.2, -0.15) is 0 Å². The summed E-state index contributed by atoms with van der Waals surface area (Å²) in [5.41, 5.74) is 6.06. The summed E-state index contributed by atoms with van der Waals surface area (Å²) >= 11 is 0. The maximum atomic E-state index is 12.4. The van der Waals surface area contributed by atoms with E-state index < -0.39 is 0 Å². The van der Waals surface area contributed by atoms with E-state index in [1.807, 2.05) is 9.80 Å². The van der Waals surface area contributed by atoms with Gasteiger partial charge in [-0.1, -0.05) is 11.6 Å². The number of hydrogen-bond acceptors (Lipinski definition) is 6. The lowest BCUT2D eigenvalue weighted by Gasteiger charge is -2.35. The highest BCUT2D eigenvalue weighted by molar-refractivity contribution is 5.91. The first kappa shape index (κ1) is 23.7. The topological polar surface area (TPSA) is 105 Å². The van der Waals surface area contributed by atoms with E-state index in [2.05, 4.69) is 10.5 Å². The van der Waals surface area contributed by atoms with Crippen molar-refractivity contribution in [3.05, 3.63) is 11.8 Å². The molecule has 0 unspecified atom stereocenters. The van der Waals surface area contributed by atoms with Gasteiger partial charge in [0.05, 0.1) is 6.54 Å². The second-order valence-corrected chi connectivity index (χ2v) is 7.09. The summed E-state index contributed by atoms with van der Waals surface area (Å²) in [5, 5.41) is 6.47. The van der Waals surface area contributed by atoms with E-state index in [1.165, 1.54) is 0 Å². The Morgan fingerprint density at radius 3 is 2.52 bits per heavy atom. The molecule has 2 fully saturated rings. The van der Waals surface area contributed by atoms with Gasteiger partial charge in [0.1, 0.15) is 5.76 Å². The lowest BCUT2D eigenvalue weighted by molar-refractivity contribution is -0.134. The largest absolute Gasteiger partial charge is 0.360 e. The van der Waals surface area contributed by atoms with Crippen LogP contribution in [-0.2, 0) is 9.59 Å². The normalized spacial score (nSPS) is 22.7. The number of nitrogens with two attached hydrogens (primary N) is 1. The van der Waals surface area contributed by atoms with Gasteiger partial charge < -0.3 is 20.5 Å². The first-order chi connectivity index (χ1) is 12.0. The van der Waals surface area contributed by atoms with Crippen LogP contribution in [-0.4, -0.2) is 65.5 Å². The van der Waals surface area contributed by atoms with Crippen molar-refractivity contribution in [3.63, 3.8) is 0 Å². The third-order valence-corrected chi connectivity index (χ3v) is 5.14. The zero-order valence-corrected chi connectivity index (χ0v) is 17.2. The molecular formula is C17H29Cl2N5O3. The minimum Gasteiger partial charge on any atom is -0.360 e. The standard InChI is InChI=1S/C17H27N5O3.2ClH/c1-12-9-15(20-25-12)19-16(23)11-21-5-7-22(8-6-21)17(24)10-13-3-2-4-14(13)18;;/h9,13-14H,2-8,10-11,18H2,1H3,(H,19,20,23);2*1H/t13-,14+;;/m0../s1. The summed E-state index contributed by atoms with van der Waals surface area (Å²) < 4.78 is 4.93. The molecule has 3 N–H and O–H groups in total. The molecule has 1 aliphatic heterocycles. The minimum absolute atomic E-state index is 0. The van der Waals surface area contributed by atoms with E-state index in [1.54, 1.807) is 13.0 Å². The number of aryl methyl sites for hydroxylation is 1. The quantitative estimate of drug-likeness (QED) is 0.744. The van der Waals surface area contributed by atoms with Gasteiger partial charge in [0.15, 0.2) is 5.82 Å². The average Bonchev–Trinajstić information content (AvgIpc) is 3.16. The third kappa shape index (κ3) is 6.64. The lowest BCUT2D eigenvalue weighted by Crippen LogP contribution is -2.51. The summed E-state index contributed by atoms with van der Waals surface area (Å²) in [6, 6.07) is 1.86. The minimum atomic E-state index is -0.120. The van der Waals surface area contributed by atoms with Crippen LogP contribution >= 0.6 is 24.8 Å². The van der Waals surface area contributed by atoms with Crippen molar-refractivity contribution in [2.75, 3.05) is 38.0 Å². The lowest BCUT2D eigenvalue weighted by atomic mass is 9.99. The number of carbonyl (C=O) groups excluding carboxylic acids is 2. The van der Waals surface area contributed by atoms with Gasteiger partial charge >= 0.3 is 0 Å². The number of hydrogen-bond donors (Lipinski definition) is 2. The van der Waals surface area contributed by atoms with Gasteiger partial charge in [0.25, 0.3) is 0 Å². The number of piperazine rings is 1. The van der Waals surface area contributed by atoms with E-state index in [0.717, 1.165) is 19.3 Å². The second kappa shape index (κ2) is 10.8. The molecule has 1 saturated heterocycles. The molecule has 1 saturated carbocycles. The molecular weight excluding hydrogens is 393 g/mol. The third-order valence-electron chi connectivity index (χ3n) is 5.14. The van der Waals surface area contributed by atoms with E-state index in [9.17, 15) is 9.59 Å². The zero-order valence-electron chi connectivity index (χ0n) is 15.6. The van der Waals surface area contributed by atoms with Crippen LogP contribution < -0.4 is 11.1 Å². The molecule has 27 heavy (non-hydrogen) atoms. The van der Waals surface area contributed by atoms with Gasteiger partial charge in [0, 0.05) is 44.7 Å². The summed E-state index contributed by atoms with van der Waals surface area (Å²) in [4.78, 5) is 28.4. The van der Waals surface area contributed by atoms with Crippen LogP contribution in [0, 0.1) is 12.8 Å². The first-order valence-corrected chi connectivity index (χ1v) is 9.00. The Balaban J connectivity index is 0.00000182. The number of carbonyl (C=O) groups is 2. The predicted molar refractivity (Wildman–Crippen MR) is 107 cm³/mol. The SMILES string of the molecule is Cc1cc(NC(=O)CN2CCN(C(=O)C[C@@H]3CCC[C@H]3N)CC2)no1.Cl.Cl. The van der Waals surface area contributed by atoms with E-state index in [4.69, 9.17) is 10.3 Å². The highest BCUT2D eigenvalue weighted by Gasteiger charge is 2.29. The fourth-order valence-electron chi connectivity index (χ4n) is 3.64. The molecule has 2 atom stereocenters. The molecule has 1 aromatic rings. The Labute approximate surface area is 172 Å². The molecule has 2 heterocycles. The van der Waals surface area contributed by atoms with E-state index in [0.29, 0.717) is 56.6 Å². The van der Waals surface area contributed by atoms with Crippen molar-refractivity contribution in [3.8, 4) is 0 Å². The van der Waals surface area contributed by atoms with Crippen molar-refractivity contribution in [1.29, 1.82) is 0 Å². The molecule has 1 aliphatic carbocycles. The number of nitrogens with one attached hydrogen (secondary N) is 1. The Morgan fingerprint density at radius 1 is 1.26 bits per heavy atom. The predicted octanol–water partition coefficient (Wildman–Crippen LogP) is 1.43. The second-order valence-electron chi connectivity index (χ2n) is 7.09. The fourth-order valence-corrected chi connectivity index (χ4v) is 3.64. The molecule has 3 rings (SSSR count). The van der Waals surface area contributed by atoms with Gasteiger partial charge in [-0.25, -0.2) is 0 Å². The summed E-state index contributed by atoms with van der Waals surface area (Å²) in [7, 11) is 0. The molecule has 0 bridgehead atoms. The smallest absolute Gasteiger partial charge is 0.239 e. The number of rotatable bonds is 5. The molecule has 10 heteroatoms. The Hall–Kier alpha value is -1.35. The Bertz CT molecular complexity index is 619. The van der Waals surface area contributed by atoms with Gasteiger partial charge in [0.2, 0.25) is 11.8 Å². The van der Waals surface area contributed by atoms with Gasteiger partial charge in [-0.05, 0) is 25.7 Å². The maximum absolute atomic E-state index is 12.4. The molecule has 2 amide bonds. The molecule has 1 aromatic heterocycles. The molecule has 0 spiro atoms. The van der Waals surface area contributed by atoms with Crippen LogP contribution in [0.2, 0.25) is 0 Å². The summed E-state index contributed by atoms with van der Waals surface area (Å²) in [6.45, 7) is 4.80. The van der Waals surface area contributed by atoms with Gasteiger partial charge in [-0.3, -0.25) is 14.5 Å². The number of aromatic nitrogens is 1. The average molecular weight is 422 g/mol. The monoisotopic (exact) mass is 421 g/mol. The van der Waals surface area contributed by atoms with Crippen molar-refractivity contribution in [1.82, 2.24) is 15.0 Å². The van der Waals surface area contributed by atoms with Crippen molar-refractivity contribution in [2.45, 2.75) is 38.6 Å². The number of amides is 2. The molecule has 0 radical (unpaired) electrons. The fraction of sp³-hybridized carbons (Fsp3) is 0.706. The summed E-state index contributed by atoms with van der Waals surface area (Å²) in [6.07, 6.45) is 3.79. The number of halogens is 2. The Morgan fingerprint density at radius 2 is 1.96 bits per heavy atom. The molecule has 0 aromatic carbocycles. The number of anilines is 1. The molecule has 2 aliphatic rings. The van der Waals surface area contributed by atoms with Crippen LogP contribution in [0.5, 0.6) is 0 Å². The van der Waals surface area contributed by atoms with Gasteiger partial charge in [-0.15, -0.1) is 24.8 Å². The van der Waals surface area contributed by atoms with Crippen LogP contribution in [0.1, 0.15) is 31.4 Å². The first-order valence-electron chi connectivity index (χ1n) is 9.00. The van der Waals surface area contributed by atoms with Crippen molar-refractivity contribution < 1.29 is 14.1 Å². The van der Waals surface area contributed by atoms with Crippen LogP contribution in [0.3, 0.4) is 0 Å². The highest BCUT2D eigenvalue weighted by atomic mass is 35.5. The molecule has 154 valence electrons. The van der Waals surface area contributed by atoms with Crippen molar-refractivity contribution >= 4 is 42.4 Å². The van der Waals surface area contributed by atoms with Crippen LogP contribution in [0.4, 0.5) is 5.82 Å². The molecule has 8 nitrogen and oxygen atoms in total. The highest BCUT2D eigenvalue weighted by Crippen LogP contribution is 2.27.